The number of aliphatic hydroxyl groups is 1. The van der Waals surface area contributed by atoms with E-state index in [9.17, 15) is 43.5 Å². The lowest BCUT2D eigenvalue weighted by Gasteiger charge is -2.29. The first-order chi connectivity index (χ1) is 25.4. The molecule has 0 aromatic carbocycles. The molecule has 0 rings (SSSR count). The molecule has 17 N–H and O–H groups in total. The number of nitrogens with two attached hydrogens (primary N) is 4. The molecule has 7 amide bonds. The highest BCUT2D eigenvalue weighted by Crippen LogP contribution is 2.12. The smallest absolute Gasteiger partial charge is 0.322 e. The van der Waals surface area contributed by atoms with E-state index in [0.29, 0.717) is 6.42 Å². The second-order valence-electron chi connectivity index (χ2n) is 14.9. The van der Waals surface area contributed by atoms with Crippen molar-refractivity contribution in [2.75, 3.05) is 13.1 Å². The number of carbonyl (C=O) groups is 8. The molecule has 0 aliphatic heterocycles. The summed E-state index contributed by atoms with van der Waals surface area (Å²) >= 11 is 0. The zero-order valence-electron chi connectivity index (χ0n) is 33.0. The summed E-state index contributed by atoms with van der Waals surface area (Å²) in [5.74, 6) is -7.36. The summed E-state index contributed by atoms with van der Waals surface area (Å²) in [6.45, 7) is 11.6. The number of hydrogen-bond acceptors (Lipinski definition) is 13. The van der Waals surface area contributed by atoms with Crippen LogP contribution in [-0.2, 0) is 38.4 Å². The molecular formula is C34H65N11O10. The van der Waals surface area contributed by atoms with Crippen LogP contribution in [0.2, 0.25) is 0 Å². The number of aliphatic carboxylic acids is 1. The third-order valence-corrected chi connectivity index (χ3v) is 7.94. The van der Waals surface area contributed by atoms with Crippen LogP contribution in [0.1, 0.15) is 87.0 Å². The Bertz CT molecular complexity index is 1300. The first-order valence-corrected chi connectivity index (χ1v) is 18.4. The lowest BCUT2D eigenvalue weighted by Crippen LogP contribution is -2.61. The van der Waals surface area contributed by atoms with E-state index in [1.165, 1.54) is 6.92 Å². The average Bonchev–Trinajstić information content (AvgIpc) is 3.04. The fourth-order valence-corrected chi connectivity index (χ4v) is 5.29. The van der Waals surface area contributed by atoms with Crippen LogP contribution in [0.25, 0.3) is 0 Å². The first kappa shape index (κ1) is 50.6. The van der Waals surface area contributed by atoms with Crippen LogP contribution in [0.5, 0.6) is 0 Å². The number of carbonyl (C=O) groups excluding carboxylic acids is 7. The van der Waals surface area contributed by atoms with Crippen LogP contribution in [0, 0.1) is 17.8 Å². The van der Waals surface area contributed by atoms with Gasteiger partial charge in [-0.15, -0.1) is 0 Å². The Morgan fingerprint density at radius 3 is 1.35 bits per heavy atom. The molecule has 0 aromatic heterocycles. The second kappa shape index (κ2) is 25.6. The van der Waals surface area contributed by atoms with Crippen LogP contribution in [0.4, 0.5) is 0 Å². The molecule has 0 unspecified atom stereocenters. The molecule has 0 aromatic rings. The normalized spacial score (nSPS) is 15.3. The van der Waals surface area contributed by atoms with Gasteiger partial charge in [0.25, 0.3) is 0 Å². The van der Waals surface area contributed by atoms with E-state index >= 15 is 0 Å². The van der Waals surface area contributed by atoms with Crippen molar-refractivity contribution in [3.8, 4) is 0 Å². The molecular weight excluding hydrogens is 722 g/mol. The van der Waals surface area contributed by atoms with Crippen LogP contribution in [0.15, 0.2) is 0 Å². The largest absolute Gasteiger partial charge is 0.480 e. The molecule has 0 saturated heterocycles. The molecule has 316 valence electrons. The Morgan fingerprint density at radius 1 is 0.582 bits per heavy atom. The van der Waals surface area contributed by atoms with Gasteiger partial charge in [-0.3, -0.25) is 43.7 Å². The van der Waals surface area contributed by atoms with Gasteiger partial charge in [0.05, 0.1) is 18.6 Å². The van der Waals surface area contributed by atoms with E-state index in [0.717, 1.165) is 0 Å². The van der Waals surface area contributed by atoms with E-state index < -0.39 is 109 Å². The minimum absolute atomic E-state index is 0.0609. The SMILES string of the molecule is CC(C)C[C@H](NC(=O)[C@H](CC(C)C)NC(=O)[C@H](CCCNC(N)N)NC(=O)[C@@H](N)CC(N)=O)C(=O)N[C@@H](CC(C)C)C(=O)N[C@H](C(=O)NCC(=O)O)[C@@H](C)O. The maximum Gasteiger partial charge on any atom is 0.322 e. The van der Waals surface area contributed by atoms with Crippen molar-refractivity contribution < 1.29 is 48.6 Å². The van der Waals surface area contributed by atoms with Crippen LogP contribution >= 0.6 is 0 Å². The highest BCUT2D eigenvalue weighted by Gasteiger charge is 2.34. The molecule has 0 saturated carbocycles. The Hall–Kier alpha value is -4.44. The third kappa shape index (κ3) is 21.9. The first-order valence-electron chi connectivity index (χ1n) is 18.4. The summed E-state index contributed by atoms with van der Waals surface area (Å²) in [6.07, 6.45) is -2.00. The summed E-state index contributed by atoms with van der Waals surface area (Å²) in [5, 5.41) is 36.8. The summed E-state index contributed by atoms with van der Waals surface area (Å²) in [5.41, 5.74) is 22.0. The molecule has 0 fully saturated rings. The van der Waals surface area contributed by atoms with Gasteiger partial charge in [-0.25, -0.2) is 0 Å². The van der Waals surface area contributed by atoms with Gasteiger partial charge in [0.15, 0.2) is 0 Å². The van der Waals surface area contributed by atoms with E-state index in [-0.39, 0.29) is 50.0 Å². The summed E-state index contributed by atoms with van der Waals surface area (Å²) in [7, 11) is 0. The van der Waals surface area contributed by atoms with Crippen molar-refractivity contribution >= 4 is 47.3 Å². The minimum atomic E-state index is -1.54. The second-order valence-corrected chi connectivity index (χ2v) is 14.9. The van der Waals surface area contributed by atoms with E-state index in [1.54, 1.807) is 13.8 Å². The molecule has 0 aliphatic carbocycles. The number of carboxylic acid groups (broad SMARTS) is 1. The molecule has 0 spiro atoms. The number of primary amides is 1. The number of carboxylic acids is 1. The number of nitrogens with one attached hydrogen (secondary N) is 7. The molecule has 0 bridgehead atoms. The Kier molecular flexibility index (Phi) is 23.5. The Balaban J connectivity index is 6.27. The molecule has 0 heterocycles. The minimum Gasteiger partial charge on any atom is -0.480 e. The molecule has 0 radical (unpaired) electrons. The Labute approximate surface area is 322 Å². The Morgan fingerprint density at radius 2 is 0.982 bits per heavy atom. The third-order valence-electron chi connectivity index (χ3n) is 7.94. The van der Waals surface area contributed by atoms with Crippen LogP contribution in [-0.4, -0.2) is 119 Å². The fourth-order valence-electron chi connectivity index (χ4n) is 5.29. The van der Waals surface area contributed by atoms with Gasteiger partial charge < -0.3 is 65.0 Å². The van der Waals surface area contributed by atoms with Gasteiger partial charge in [-0.05, 0) is 63.3 Å². The maximum atomic E-state index is 13.8. The topological polar surface area (TPSA) is 365 Å². The monoisotopic (exact) mass is 787 g/mol. The van der Waals surface area contributed by atoms with E-state index in [4.69, 9.17) is 28.0 Å². The van der Waals surface area contributed by atoms with Gasteiger partial charge in [0.1, 0.15) is 43.0 Å². The van der Waals surface area contributed by atoms with Gasteiger partial charge >= 0.3 is 5.97 Å². The maximum absolute atomic E-state index is 13.8. The average molecular weight is 788 g/mol. The predicted octanol–water partition coefficient (Wildman–Crippen LogP) is -4.10. The van der Waals surface area contributed by atoms with Crippen molar-refractivity contribution in [2.45, 2.75) is 136 Å². The highest BCUT2D eigenvalue weighted by atomic mass is 16.4. The van der Waals surface area contributed by atoms with Gasteiger partial charge in [0.2, 0.25) is 41.4 Å². The highest BCUT2D eigenvalue weighted by molar-refractivity contribution is 5.97. The quantitative estimate of drug-likeness (QED) is 0.0278. The summed E-state index contributed by atoms with van der Waals surface area (Å²) < 4.78 is 0. The van der Waals surface area contributed by atoms with E-state index in [2.05, 4.69) is 37.2 Å². The summed E-state index contributed by atoms with van der Waals surface area (Å²) in [6, 6.07) is -7.68. The number of amides is 7. The van der Waals surface area contributed by atoms with E-state index in [1.807, 2.05) is 27.7 Å². The molecule has 7 atom stereocenters. The van der Waals surface area contributed by atoms with Crippen molar-refractivity contribution in [2.24, 2.45) is 40.7 Å². The number of hydrogen-bond donors (Lipinski definition) is 13. The van der Waals surface area contributed by atoms with Gasteiger partial charge in [-0.1, -0.05) is 41.5 Å². The van der Waals surface area contributed by atoms with Gasteiger partial charge in [0, 0.05) is 0 Å². The predicted molar refractivity (Wildman–Crippen MR) is 202 cm³/mol. The number of aliphatic hydroxyl groups excluding tert-OH is 1. The molecule has 21 heteroatoms. The standard InChI is InChI=1S/C34H65N11O10/c1-16(2)11-22(42-29(51)21(9-8-10-39-34(37)38)41-28(50)20(35)14-25(36)47)30(52)43-23(12-17(3)4)31(53)44-24(13-18(5)6)32(54)45-27(19(7)46)33(55)40-15-26(48)49/h16-24,27,34,39,46H,8-15,35,37-38H2,1-7H3,(H2,36,47)(H,40,55)(H,41,50)(H,42,51)(H,43,52)(H,44,53)(H,45,54)(H,48,49)/t19-,20+,21+,22+,23+,24+,27+/m1/s1. The van der Waals surface area contributed by atoms with Crippen LogP contribution in [0.3, 0.4) is 0 Å². The lowest BCUT2D eigenvalue weighted by atomic mass is 9.98. The lowest BCUT2D eigenvalue weighted by molar-refractivity contribution is -0.139. The zero-order valence-corrected chi connectivity index (χ0v) is 33.0. The zero-order chi connectivity index (χ0) is 42.6. The number of rotatable bonds is 27. The van der Waals surface area contributed by atoms with Crippen molar-refractivity contribution in [3.63, 3.8) is 0 Å². The molecule has 21 nitrogen and oxygen atoms in total. The fraction of sp³-hybridized carbons (Fsp3) is 0.765. The summed E-state index contributed by atoms with van der Waals surface area (Å²) in [4.78, 5) is 102. The van der Waals surface area contributed by atoms with Gasteiger partial charge in [-0.2, -0.15) is 0 Å². The molecule has 55 heavy (non-hydrogen) atoms. The van der Waals surface area contributed by atoms with Crippen molar-refractivity contribution in [3.05, 3.63) is 0 Å². The molecule has 0 aliphatic rings. The van der Waals surface area contributed by atoms with Crippen molar-refractivity contribution in [1.29, 1.82) is 0 Å². The van der Waals surface area contributed by atoms with Crippen molar-refractivity contribution in [1.82, 2.24) is 37.2 Å². The van der Waals surface area contributed by atoms with Crippen LogP contribution < -0.4 is 60.2 Å².